The maximum atomic E-state index is 5.18. The van der Waals surface area contributed by atoms with Crippen LogP contribution in [0.5, 0.6) is 5.75 Å². The highest BCUT2D eigenvalue weighted by molar-refractivity contribution is 5.65. The summed E-state index contributed by atoms with van der Waals surface area (Å²) in [7, 11) is 5.59. The van der Waals surface area contributed by atoms with Gasteiger partial charge in [0.1, 0.15) is 5.75 Å². The molecule has 4 heteroatoms. The zero-order chi connectivity index (χ0) is 13.1. The molecule has 0 aliphatic carbocycles. The van der Waals surface area contributed by atoms with Gasteiger partial charge in [-0.1, -0.05) is 0 Å². The summed E-state index contributed by atoms with van der Waals surface area (Å²) in [4.78, 5) is 0. The number of benzene rings is 1. The largest absolute Gasteiger partial charge is 0.497 e. The second-order valence-electron chi connectivity index (χ2n) is 4.30. The molecule has 0 unspecified atom stereocenters. The van der Waals surface area contributed by atoms with Crippen LogP contribution in [0.2, 0.25) is 0 Å². The molecule has 0 bridgehead atoms. The van der Waals surface area contributed by atoms with Crippen molar-refractivity contribution in [1.29, 1.82) is 0 Å². The third-order valence-corrected chi connectivity index (χ3v) is 3.09. The van der Waals surface area contributed by atoms with E-state index in [9.17, 15) is 0 Å². The van der Waals surface area contributed by atoms with E-state index in [4.69, 9.17) is 4.74 Å². The highest BCUT2D eigenvalue weighted by Gasteiger charge is 2.13. The molecule has 0 saturated heterocycles. The summed E-state index contributed by atoms with van der Waals surface area (Å²) in [6.45, 7) is 2.90. The number of hydrogen-bond donors (Lipinski definition) is 1. The van der Waals surface area contributed by atoms with Gasteiger partial charge in [0.25, 0.3) is 0 Å². The molecule has 0 radical (unpaired) electrons. The van der Waals surface area contributed by atoms with E-state index in [1.165, 1.54) is 5.56 Å². The predicted molar refractivity (Wildman–Crippen MR) is 72.7 cm³/mol. The van der Waals surface area contributed by atoms with E-state index < -0.39 is 0 Å². The Bertz CT molecular complexity index is 529. The van der Waals surface area contributed by atoms with E-state index >= 15 is 0 Å². The maximum Gasteiger partial charge on any atom is 0.118 e. The van der Waals surface area contributed by atoms with Gasteiger partial charge in [0, 0.05) is 19.2 Å². The lowest BCUT2D eigenvalue weighted by Crippen LogP contribution is -2.06. The molecule has 0 saturated carbocycles. The van der Waals surface area contributed by atoms with Crippen molar-refractivity contribution in [3.63, 3.8) is 0 Å². The fraction of sp³-hybridized carbons (Fsp3) is 0.357. The minimum Gasteiger partial charge on any atom is -0.497 e. The zero-order valence-electron chi connectivity index (χ0n) is 11.3. The molecule has 0 spiro atoms. The second-order valence-corrected chi connectivity index (χ2v) is 4.30. The first kappa shape index (κ1) is 12.6. The van der Waals surface area contributed by atoms with Gasteiger partial charge in [0.05, 0.1) is 18.5 Å². The molecule has 0 aliphatic heterocycles. The molecule has 0 fully saturated rings. The third-order valence-electron chi connectivity index (χ3n) is 3.09. The van der Waals surface area contributed by atoms with Crippen LogP contribution < -0.4 is 10.1 Å². The number of hydrogen-bond acceptors (Lipinski definition) is 3. The van der Waals surface area contributed by atoms with Gasteiger partial charge in [-0.3, -0.25) is 4.68 Å². The van der Waals surface area contributed by atoms with E-state index in [-0.39, 0.29) is 0 Å². The van der Waals surface area contributed by atoms with Crippen molar-refractivity contribution in [1.82, 2.24) is 15.1 Å². The number of methoxy groups -OCH3 is 1. The number of aromatic nitrogens is 2. The van der Waals surface area contributed by atoms with E-state index in [0.717, 1.165) is 29.2 Å². The Balaban J connectivity index is 2.43. The summed E-state index contributed by atoms with van der Waals surface area (Å²) in [6.07, 6.45) is 0. The first-order valence-corrected chi connectivity index (χ1v) is 5.99. The molecule has 96 valence electrons. The lowest BCUT2D eigenvalue weighted by molar-refractivity contribution is 0.415. The lowest BCUT2D eigenvalue weighted by atomic mass is 10.1. The van der Waals surface area contributed by atoms with Gasteiger partial charge in [-0.2, -0.15) is 5.10 Å². The Morgan fingerprint density at radius 2 is 1.94 bits per heavy atom. The minimum absolute atomic E-state index is 0.788. The highest BCUT2D eigenvalue weighted by atomic mass is 16.5. The minimum atomic E-state index is 0.788. The van der Waals surface area contributed by atoms with Crippen LogP contribution in [-0.4, -0.2) is 23.9 Å². The van der Waals surface area contributed by atoms with E-state index in [1.807, 2.05) is 30.9 Å². The Labute approximate surface area is 108 Å². The molecule has 1 N–H and O–H groups in total. The molecule has 4 nitrogen and oxygen atoms in total. The normalized spacial score (nSPS) is 10.7. The molecule has 2 aromatic rings. The van der Waals surface area contributed by atoms with Gasteiger partial charge in [0.2, 0.25) is 0 Å². The average molecular weight is 245 g/mol. The fourth-order valence-corrected chi connectivity index (χ4v) is 2.17. The van der Waals surface area contributed by atoms with Crippen LogP contribution in [0.25, 0.3) is 11.3 Å². The number of nitrogens with one attached hydrogen (secondary N) is 1. The molecular formula is C14H19N3O. The number of nitrogens with zero attached hydrogens (tertiary/aromatic N) is 2. The van der Waals surface area contributed by atoms with Gasteiger partial charge < -0.3 is 10.1 Å². The van der Waals surface area contributed by atoms with E-state index in [2.05, 4.69) is 29.5 Å². The average Bonchev–Trinajstić information content (AvgIpc) is 2.65. The molecule has 2 rings (SSSR count). The third kappa shape index (κ3) is 2.24. The van der Waals surface area contributed by atoms with Crippen LogP contribution >= 0.6 is 0 Å². The van der Waals surface area contributed by atoms with Gasteiger partial charge in [-0.25, -0.2) is 0 Å². The summed E-state index contributed by atoms with van der Waals surface area (Å²) < 4.78 is 7.11. The van der Waals surface area contributed by atoms with Crippen LogP contribution in [0.4, 0.5) is 0 Å². The molecule has 1 heterocycles. The molecule has 0 amide bonds. The van der Waals surface area contributed by atoms with Crippen LogP contribution in [0.1, 0.15) is 11.3 Å². The SMILES string of the molecule is CNCc1nn(C)c(-c2ccc(OC)cc2)c1C. The molecular weight excluding hydrogens is 226 g/mol. The van der Waals surface area contributed by atoms with Crippen molar-refractivity contribution in [2.75, 3.05) is 14.2 Å². The standard InChI is InChI=1S/C14H19N3O/c1-10-13(9-15-2)16-17(3)14(10)11-5-7-12(18-4)8-6-11/h5-8,15H,9H2,1-4H3. The van der Waals surface area contributed by atoms with Crippen molar-refractivity contribution in [3.05, 3.63) is 35.5 Å². The number of ether oxygens (including phenoxy) is 1. The first-order valence-electron chi connectivity index (χ1n) is 5.99. The summed E-state index contributed by atoms with van der Waals surface area (Å²) >= 11 is 0. The predicted octanol–water partition coefficient (Wildman–Crippen LogP) is 2.12. The summed E-state index contributed by atoms with van der Waals surface area (Å²) in [5, 5.41) is 7.68. The molecule has 1 aromatic carbocycles. The second kappa shape index (κ2) is 5.23. The maximum absolute atomic E-state index is 5.18. The molecule has 18 heavy (non-hydrogen) atoms. The summed E-state index contributed by atoms with van der Waals surface area (Å²) in [6, 6.07) is 8.07. The topological polar surface area (TPSA) is 39.1 Å². The summed E-state index contributed by atoms with van der Waals surface area (Å²) in [5.74, 6) is 0.869. The van der Waals surface area contributed by atoms with Crippen molar-refractivity contribution in [2.24, 2.45) is 7.05 Å². The number of rotatable bonds is 4. The summed E-state index contributed by atoms with van der Waals surface area (Å²) in [5.41, 5.74) is 4.62. The van der Waals surface area contributed by atoms with Crippen molar-refractivity contribution in [3.8, 4) is 17.0 Å². The van der Waals surface area contributed by atoms with Gasteiger partial charge >= 0.3 is 0 Å². The van der Waals surface area contributed by atoms with Crippen molar-refractivity contribution < 1.29 is 4.74 Å². The molecule has 1 aromatic heterocycles. The van der Waals surface area contributed by atoms with Crippen LogP contribution in [0, 0.1) is 6.92 Å². The highest BCUT2D eigenvalue weighted by Crippen LogP contribution is 2.26. The Morgan fingerprint density at radius 3 is 2.50 bits per heavy atom. The Hall–Kier alpha value is -1.81. The van der Waals surface area contributed by atoms with Crippen molar-refractivity contribution >= 4 is 0 Å². The fourth-order valence-electron chi connectivity index (χ4n) is 2.17. The van der Waals surface area contributed by atoms with Crippen LogP contribution in [0.3, 0.4) is 0 Å². The zero-order valence-corrected chi connectivity index (χ0v) is 11.3. The molecule has 0 atom stereocenters. The van der Waals surface area contributed by atoms with E-state index in [0.29, 0.717) is 0 Å². The van der Waals surface area contributed by atoms with Gasteiger partial charge in [-0.15, -0.1) is 0 Å². The quantitative estimate of drug-likeness (QED) is 0.896. The van der Waals surface area contributed by atoms with Crippen LogP contribution in [0.15, 0.2) is 24.3 Å². The van der Waals surface area contributed by atoms with E-state index in [1.54, 1.807) is 7.11 Å². The molecule has 0 aliphatic rings. The monoisotopic (exact) mass is 245 g/mol. The van der Waals surface area contributed by atoms with Crippen molar-refractivity contribution in [2.45, 2.75) is 13.5 Å². The van der Waals surface area contributed by atoms with Crippen LogP contribution in [-0.2, 0) is 13.6 Å². The first-order chi connectivity index (χ1) is 8.67. The number of aryl methyl sites for hydroxylation is 1. The smallest absolute Gasteiger partial charge is 0.118 e. The van der Waals surface area contributed by atoms with Gasteiger partial charge in [0.15, 0.2) is 0 Å². The van der Waals surface area contributed by atoms with Gasteiger partial charge in [-0.05, 0) is 43.8 Å². The lowest BCUT2D eigenvalue weighted by Gasteiger charge is -2.05. The Kier molecular flexibility index (Phi) is 3.67. The Morgan fingerprint density at radius 1 is 1.28 bits per heavy atom.